The van der Waals surface area contributed by atoms with E-state index in [1.807, 2.05) is 36.4 Å². The number of hydrogen-bond donors (Lipinski definition) is 4. The number of rotatable bonds is 2. The fourth-order valence-electron chi connectivity index (χ4n) is 1.79. The van der Waals surface area contributed by atoms with E-state index in [2.05, 4.69) is 9.98 Å². The normalized spacial score (nSPS) is 11.5. The van der Waals surface area contributed by atoms with Crippen LogP contribution >= 0.6 is 0 Å². The Kier molecular flexibility index (Phi) is 3.63. The third-order valence-corrected chi connectivity index (χ3v) is 2.60. The van der Waals surface area contributed by atoms with Crippen LogP contribution in [0.4, 0.5) is 5.69 Å². The molecule has 6 heteroatoms. The standard InChI is InChI=1S/C13H15N5O/c14-12(15)18-13(16)17-11-6-9-4-2-1-3-8(9)5-10(11)7-19/h1-6,19H,7H2,(H6,14,15,16,17,18). The van der Waals surface area contributed by atoms with Crippen LogP contribution in [0.15, 0.2) is 46.4 Å². The van der Waals surface area contributed by atoms with Gasteiger partial charge in [-0.05, 0) is 22.9 Å². The Hall–Kier alpha value is -2.60. The van der Waals surface area contributed by atoms with E-state index in [1.54, 1.807) is 0 Å². The molecular formula is C13H15N5O. The van der Waals surface area contributed by atoms with Crippen LogP contribution in [-0.2, 0) is 6.61 Å². The minimum atomic E-state index is -0.160. The zero-order valence-electron chi connectivity index (χ0n) is 10.2. The van der Waals surface area contributed by atoms with Gasteiger partial charge in [0, 0.05) is 5.56 Å². The predicted octanol–water partition coefficient (Wildman–Crippen LogP) is 0.552. The zero-order chi connectivity index (χ0) is 13.8. The fourth-order valence-corrected chi connectivity index (χ4v) is 1.79. The Labute approximate surface area is 110 Å². The number of hydrogen-bond acceptors (Lipinski definition) is 2. The van der Waals surface area contributed by atoms with Crippen molar-refractivity contribution in [2.45, 2.75) is 6.61 Å². The molecule has 0 aliphatic heterocycles. The highest BCUT2D eigenvalue weighted by Crippen LogP contribution is 2.26. The Bertz CT molecular complexity index is 659. The lowest BCUT2D eigenvalue weighted by molar-refractivity contribution is 0.282. The van der Waals surface area contributed by atoms with E-state index in [4.69, 9.17) is 17.2 Å². The summed E-state index contributed by atoms with van der Waals surface area (Å²) in [7, 11) is 0. The molecular weight excluding hydrogens is 242 g/mol. The second kappa shape index (κ2) is 5.36. The minimum Gasteiger partial charge on any atom is -0.392 e. The summed E-state index contributed by atoms with van der Waals surface area (Å²) in [6, 6.07) is 11.5. The molecule has 0 aromatic heterocycles. The van der Waals surface area contributed by atoms with Crippen molar-refractivity contribution in [2.75, 3.05) is 0 Å². The van der Waals surface area contributed by atoms with Crippen LogP contribution in [-0.4, -0.2) is 17.0 Å². The summed E-state index contributed by atoms with van der Waals surface area (Å²) in [5.74, 6) is -0.211. The number of fused-ring (bicyclic) bond motifs is 1. The number of aliphatic hydroxyl groups excluding tert-OH is 1. The lowest BCUT2D eigenvalue weighted by atomic mass is 10.1. The number of nitrogens with two attached hydrogens (primary N) is 3. The molecule has 2 aromatic carbocycles. The zero-order valence-corrected chi connectivity index (χ0v) is 10.2. The van der Waals surface area contributed by atoms with Gasteiger partial charge >= 0.3 is 0 Å². The maximum Gasteiger partial charge on any atom is 0.223 e. The van der Waals surface area contributed by atoms with Crippen molar-refractivity contribution in [2.24, 2.45) is 27.2 Å². The van der Waals surface area contributed by atoms with Crippen molar-refractivity contribution in [3.63, 3.8) is 0 Å². The molecule has 98 valence electrons. The van der Waals surface area contributed by atoms with Gasteiger partial charge < -0.3 is 22.3 Å². The van der Waals surface area contributed by atoms with Crippen molar-refractivity contribution < 1.29 is 5.11 Å². The summed E-state index contributed by atoms with van der Waals surface area (Å²) in [6.07, 6.45) is 0. The van der Waals surface area contributed by atoms with Crippen LogP contribution in [0.1, 0.15) is 5.56 Å². The number of benzene rings is 2. The molecule has 2 aromatic rings. The molecule has 0 aliphatic carbocycles. The van der Waals surface area contributed by atoms with Crippen LogP contribution < -0.4 is 17.2 Å². The second-order valence-electron chi connectivity index (χ2n) is 3.99. The van der Waals surface area contributed by atoms with Crippen molar-refractivity contribution in [3.8, 4) is 0 Å². The Morgan fingerprint density at radius 3 is 2.26 bits per heavy atom. The van der Waals surface area contributed by atoms with Crippen LogP contribution in [0, 0.1) is 0 Å². The van der Waals surface area contributed by atoms with Gasteiger partial charge in [0.1, 0.15) is 0 Å². The van der Waals surface area contributed by atoms with Gasteiger partial charge in [-0.3, -0.25) is 0 Å². The number of nitrogens with zero attached hydrogens (tertiary/aromatic N) is 2. The van der Waals surface area contributed by atoms with E-state index < -0.39 is 0 Å². The molecule has 0 unspecified atom stereocenters. The molecule has 0 aliphatic rings. The maximum absolute atomic E-state index is 9.38. The summed E-state index contributed by atoms with van der Waals surface area (Å²) >= 11 is 0. The molecule has 0 radical (unpaired) electrons. The molecule has 0 bridgehead atoms. The lowest BCUT2D eigenvalue weighted by Gasteiger charge is -2.06. The van der Waals surface area contributed by atoms with Gasteiger partial charge in [0.2, 0.25) is 5.96 Å². The number of aliphatic hydroxyl groups is 1. The average molecular weight is 257 g/mol. The number of aliphatic imine (C=N–C) groups is 2. The molecule has 19 heavy (non-hydrogen) atoms. The molecule has 0 spiro atoms. The van der Waals surface area contributed by atoms with E-state index in [0.717, 1.165) is 10.8 Å². The Morgan fingerprint density at radius 2 is 1.68 bits per heavy atom. The molecule has 0 amide bonds. The van der Waals surface area contributed by atoms with Crippen LogP contribution in [0.25, 0.3) is 10.8 Å². The van der Waals surface area contributed by atoms with Crippen LogP contribution in [0.3, 0.4) is 0 Å². The predicted molar refractivity (Wildman–Crippen MR) is 77.0 cm³/mol. The third-order valence-electron chi connectivity index (χ3n) is 2.60. The third kappa shape index (κ3) is 2.99. The molecule has 7 N–H and O–H groups in total. The SMILES string of the molecule is NC(N)=NC(N)=Nc1cc2ccccc2cc1CO. The molecule has 0 heterocycles. The smallest absolute Gasteiger partial charge is 0.223 e. The van der Waals surface area contributed by atoms with Crippen molar-refractivity contribution in [3.05, 3.63) is 42.0 Å². The number of guanidine groups is 2. The monoisotopic (exact) mass is 257 g/mol. The molecule has 0 atom stereocenters. The van der Waals surface area contributed by atoms with Crippen molar-refractivity contribution in [1.82, 2.24) is 0 Å². The Morgan fingerprint density at radius 1 is 1.05 bits per heavy atom. The first-order valence-electron chi connectivity index (χ1n) is 5.66. The van der Waals surface area contributed by atoms with Gasteiger partial charge in [-0.1, -0.05) is 24.3 Å². The van der Waals surface area contributed by atoms with Crippen LogP contribution in [0.2, 0.25) is 0 Å². The fraction of sp³-hybridized carbons (Fsp3) is 0.0769. The summed E-state index contributed by atoms with van der Waals surface area (Å²) in [5, 5.41) is 11.4. The molecule has 0 saturated heterocycles. The van der Waals surface area contributed by atoms with Crippen LogP contribution in [0.5, 0.6) is 0 Å². The quantitative estimate of drug-likeness (QED) is 0.463. The van der Waals surface area contributed by atoms with Gasteiger partial charge in [0.25, 0.3) is 0 Å². The van der Waals surface area contributed by atoms with E-state index in [-0.39, 0.29) is 18.5 Å². The van der Waals surface area contributed by atoms with E-state index >= 15 is 0 Å². The Balaban J connectivity index is 2.55. The van der Waals surface area contributed by atoms with E-state index in [1.165, 1.54) is 0 Å². The van der Waals surface area contributed by atoms with Gasteiger partial charge in [0.05, 0.1) is 12.3 Å². The summed E-state index contributed by atoms with van der Waals surface area (Å²) in [4.78, 5) is 7.75. The molecule has 2 rings (SSSR count). The van der Waals surface area contributed by atoms with E-state index in [0.29, 0.717) is 11.3 Å². The van der Waals surface area contributed by atoms with Gasteiger partial charge in [-0.15, -0.1) is 0 Å². The highest BCUT2D eigenvalue weighted by Gasteiger charge is 2.04. The van der Waals surface area contributed by atoms with Crippen molar-refractivity contribution >= 4 is 28.4 Å². The maximum atomic E-state index is 9.38. The van der Waals surface area contributed by atoms with Gasteiger partial charge in [-0.2, -0.15) is 4.99 Å². The average Bonchev–Trinajstić information content (AvgIpc) is 2.36. The second-order valence-corrected chi connectivity index (χ2v) is 3.99. The first-order valence-corrected chi connectivity index (χ1v) is 5.66. The summed E-state index contributed by atoms with van der Waals surface area (Å²) in [6.45, 7) is -0.140. The molecule has 0 saturated carbocycles. The van der Waals surface area contributed by atoms with E-state index in [9.17, 15) is 5.11 Å². The topological polar surface area (TPSA) is 123 Å². The molecule has 6 nitrogen and oxygen atoms in total. The largest absolute Gasteiger partial charge is 0.392 e. The highest BCUT2D eigenvalue weighted by atomic mass is 16.3. The highest BCUT2D eigenvalue weighted by molar-refractivity contribution is 5.95. The van der Waals surface area contributed by atoms with Gasteiger partial charge in [-0.25, -0.2) is 4.99 Å². The summed E-state index contributed by atoms with van der Waals surface area (Å²) < 4.78 is 0. The van der Waals surface area contributed by atoms with Gasteiger partial charge in [0.15, 0.2) is 5.96 Å². The minimum absolute atomic E-state index is 0.0509. The summed E-state index contributed by atoms with van der Waals surface area (Å²) in [5.41, 5.74) is 17.3. The first kappa shape index (κ1) is 12.8. The molecule has 0 fully saturated rings. The first-order chi connectivity index (χ1) is 9.10. The lowest BCUT2D eigenvalue weighted by Crippen LogP contribution is -2.26. The van der Waals surface area contributed by atoms with Crippen molar-refractivity contribution in [1.29, 1.82) is 0 Å².